The van der Waals surface area contributed by atoms with Gasteiger partial charge in [-0.2, -0.15) is 14.9 Å². The van der Waals surface area contributed by atoms with Crippen LogP contribution in [-0.4, -0.2) is 28.2 Å². The number of rotatable bonds is 7. The van der Waals surface area contributed by atoms with Crippen molar-refractivity contribution in [2.45, 2.75) is 13.0 Å². The number of nitrogens with one attached hydrogen (secondary N) is 1. The molecule has 0 fully saturated rings. The van der Waals surface area contributed by atoms with E-state index < -0.39 is 12.2 Å². The summed E-state index contributed by atoms with van der Waals surface area (Å²) in [5, 5.41) is 10.5. The lowest BCUT2D eigenvalue weighted by Gasteiger charge is -2.13. The molecule has 0 saturated carbocycles. The first-order chi connectivity index (χ1) is 13.9. The zero-order valence-electron chi connectivity index (χ0n) is 14.9. The van der Waals surface area contributed by atoms with E-state index in [2.05, 4.69) is 15.3 Å². The van der Waals surface area contributed by atoms with Crippen molar-refractivity contribution in [3.63, 3.8) is 0 Å². The highest BCUT2D eigenvalue weighted by Crippen LogP contribution is 2.33. The monoisotopic (exact) mass is 458 g/mol. The first kappa shape index (κ1) is 21.2. The van der Waals surface area contributed by atoms with Crippen LogP contribution in [0.3, 0.4) is 0 Å². The Morgan fingerprint density at radius 2 is 2.00 bits per heavy atom. The number of halogens is 4. The highest BCUT2D eigenvalue weighted by Gasteiger charge is 2.16. The molecule has 0 bridgehead atoms. The quantitative estimate of drug-likeness (QED) is 0.366. The summed E-state index contributed by atoms with van der Waals surface area (Å²) in [4.78, 5) is 0. The minimum absolute atomic E-state index is 0.0398. The van der Waals surface area contributed by atoms with E-state index in [1.165, 1.54) is 13.3 Å². The van der Waals surface area contributed by atoms with Gasteiger partial charge in [-0.25, -0.2) is 13.9 Å². The summed E-state index contributed by atoms with van der Waals surface area (Å²) in [5.41, 5.74) is 1.29. The van der Waals surface area contributed by atoms with Gasteiger partial charge in [0.1, 0.15) is 12.4 Å². The van der Waals surface area contributed by atoms with Crippen molar-refractivity contribution in [3.8, 4) is 11.5 Å². The van der Waals surface area contributed by atoms with E-state index in [0.717, 1.165) is 4.68 Å². The molecule has 3 rings (SSSR count). The number of nitrogens with zero attached hydrogens (tertiary/aromatic N) is 3. The molecular weight excluding hydrogens is 445 g/mol. The molecule has 152 valence electrons. The molecule has 1 N–H and O–H groups in total. The Morgan fingerprint density at radius 1 is 1.28 bits per heavy atom. The molecule has 0 spiro atoms. The third-order valence-corrected chi connectivity index (χ3v) is 4.65. The van der Waals surface area contributed by atoms with Crippen LogP contribution in [0, 0.1) is 4.77 Å². The topological polar surface area (TPSA) is 64.4 Å². The van der Waals surface area contributed by atoms with Gasteiger partial charge in [-0.05, 0) is 48.1 Å². The standard InChI is InChI=1S/C18H14Cl2F2N4O2S/c1-27-14-6-5-10(8-23-26-17(16(21)22)24-25-18(26)29)7-11(14)9-28-15-12(19)3-2-4-13(15)20/h2-8,16H,9H2,1H3,(H,25,29)/b23-8-. The minimum atomic E-state index is -2.82. The van der Waals surface area contributed by atoms with Crippen molar-refractivity contribution >= 4 is 41.6 Å². The van der Waals surface area contributed by atoms with Gasteiger partial charge >= 0.3 is 0 Å². The lowest BCUT2D eigenvalue weighted by molar-refractivity contribution is 0.136. The molecule has 29 heavy (non-hydrogen) atoms. The Hall–Kier alpha value is -2.49. The second kappa shape index (κ2) is 9.34. The smallest absolute Gasteiger partial charge is 0.299 e. The van der Waals surface area contributed by atoms with Gasteiger partial charge in [0.15, 0.2) is 5.75 Å². The van der Waals surface area contributed by atoms with Gasteiger partial charge in [-0.15, -0.1) is 0 Å². The van der Waals surface area contributed by atoms with E-state index >= 15 is 0 Å². The van der Waals surface area contributed by atoms with Crippen molar-refractivity contribution in [1.29, 1.82) is 0 Å². The number of para-hydroxylation sites is 1. The number of aromatic amines is 1. The minimum Gasteiger partial charge on any atom is -0.496 e. The fraction of sp³-hybridized carbons (Fsp3) is 0.167. The van der Waals surface area contributed by atoms with Crippen LogP contribution in [0.5, 0.6) is 11.5 Å². The summed E-state index contributed by atoms with van der Waals surface area (Å²) in [6.07, 6.45) is -1.44. The van der Waals surface area contributed by atoms with E-state index in [-0.39, 0.29) is 11.4 Å². The van der Waals surface area contributed by atoms with Gasteiger partial charge < -0.3 is 9.47 Å². The summed E-state index contributed by atoms with van der Waals surface area (Å²) >= 11 is 17.2. The molecule has 6 nitrogen and oxygen atoms in total. The molecule has 0 aliphatic heterocycles. The Labute approximate surface area is 179 Å². The average Bonchev–Trinajstić information content (AvgIpc) is 3.07. The van der Waals surface area contributed by atoms with E-state index in [4.69, 9.17) is 44.9 Å². The molecule has 0 saturated heterocycles. The number of alkyl halides is 2. The van der Waals surface area contributed by atoms with Crippen LogP contribution in [0.2, 0.25) is 10.0 Å². The number of aromatic nitrogens is 3. The van der Waals surface area contributed by atoms with Crippen LogP contribution < -0.4 is 9.47 Å². The third-order valence-electron chi connectivity index (χ3n) is 3.79. The fourth-order valence-electron chi connectivity index (χ4n) is 2.44. The molecule has 11 heteroatoms. The molecule has 2 aromatic carbocycles. The van der Waals surface area contributed by atoms with E-state index in [9.17, 15) is 8.78 Å². The maximum Gasteiger partial charge on any atom is 0.299 e. The second-order valence-corrected chi connectivity index (χ2v) is 6.86. The summed E-state index contributed by atoms with van der Waals surface area (Å²) in [6.45, 7) is 0.113. The Bertz CT molecular complexity index is 1080. The van der Waals surface area contributed by atoms with Gasteiger partial charge in [0.05, 0.1) is 23.4 Å². The highest BCUT2D eigenvalue weighted by atomic mass is 35.5. The van der Waals surface area contributed by atoms with Gasteiger partial charge in [-0.1, -0.05) is 29.3 Å². The van der Waals surface area contributed by atoms with E-state index in [1.807, 2.05) is 0 Å². The molecule has 0 aliphatic rings. The molecule has 0 unspecified atom stereocenters. The number of benzene rings is 2. The number of methoxy groups -OCH3 is 1. The first-order valence-electron chi connectivity index (χ1n) is 8.14. The SMILES string of the molecule is COc1ccc(/C=N\n2c(C(F)F)n[nH]c2=S)cc1COc1c(Cl)cccc1Cl. The predicted molar refractivity (Wildman–Crippen MR) is 109 cm³/mol. The maximum atomic E-state index is 13.0. The zero-order chi connectivity index (χ0) is 21.0. The first-order valence-corrected chi connectivity index (χ1v) is 9.30. The van der Waals surface area contributed by atoms with Crippen LogP contribution in [0.1, 0.15) is 23.4 Å². The normalized spacial score (nSPS) is 11.4. The lowest BCUT2D eigenvalue weighted by atomic mass is 10.1. The van der Waals surface area contributed by atoms with Crippen LogP contribution in [0.25, 0.3) is 0 Å². The van der Waals surface area contributed by atoms with Crippen molar-refractivity contribution < 1.29 is 18.3 Å². The van der Waals surface area contributed by atoms with E-state index in [1.54, 1.807) is 36.4 Å². The molecule has 0 amide bonds. The van der Waals surface area contributed by atoms with Gasteiger partial charge in [0.25, 0.3) is 6.43 Å². The molecule has 3 aromatic rings. The summed E-state index contributed by atoms with van der Waals surface area (Å²) in [5.74, 6) is 0.346. The van der Waals surface area contributed by atoms with Crippen molar-refractivity contribution in [1.82, 2.24) is 14.9 Å². The van der Waals surface area contributed by atoms with Crippen molar-refractivity contribution in [2.24, 2.45) is 5.10 Å². The molecule has 1 heterocycles. The van der Waals surface area contributed by atoms with E-state index in [0.29, 0.717) is 32.7 Å². The lowest BCUT2D eigenvalue weighted by Crippen LogP contribution is -2.02. The number of hydrogen-bond donors (Lipinski definition) is 1. The van der Waals surface area contributed by atoms with Crippen molar-refractivity contribution in [3.05, 3.63) is 68.2 Å². The zero-order valence-corrected chi connectivity index (χ0v) is 17.2. The summed E-state index contributed by atoms with van der Waals surface area (Å²) in [7, 11) is 1.52. The number of H-pyrrole nitrogens is 1. The Morgan fingerprint density at radius 3 is 2.66 bits per heavy atom. The Balaban J connectivity index is 1.86. The molecular formula is C18H14Cl2F2N4O2S. The van der Waals surface area contributed by atoms with Gasteiger partial charge in [0, 0.05) is 5.56 Å². The maximum absolute atomic E-state index is 13.0. The third kappa shape index (κ3) is 4.92. The van der Waals surface area contributed by atoms with Gasteiger partial charge in [0.2, 0.25) is 10.6 Å². The summed E-state index contributed by atoms with van der Waals surface area (Å²) in [6, 6.07) is 10.2. The fourth-order valence-corrected chi connectivity index (χ4v) is 3.14. The second-order valence-electron chi connectivity index (χ2n) is 5.65. The molecule has 0 atom stereocenters. The van der Waals surface area contributed by atoms with Crippen molar-refractivity contribution in [2.75, 3.05) is 7.11 Å². The van der Waals surface area contributed by atoms with Gasteiger partial charge in [-0.3, -0.25) is 0 Å². The molecule has 1 aromatic heterocycles. The average molecular weight is 459 g/mol. The van der Waals surface area contributed by atoms with Crippen LogP contribution in [0.4, 0.5) is 8.78 Å². The predicted octanol–water partition coefficient (Wildman–Crippen LogP) is 5.65. The summed E-state index contributed by atoms with van der Waals surface area (Å²) < 4.78 is 37.9. The molecule has 0 radical (unpaired) electrons. The van der Waals surface area contributed by atoms with Crippen LogP contribution in [-0.2, 0) is 6.61 Å². The largest absolute Gasteiger partial charge is 0.496 e. The molecule has 0 aliphatic carbocycles. The number of ether oxygens (including phenoxy) is 2. The van der Waals surface area contributed by atoms with Crippen LogP contribution >= 0.6 is 35.4 Å². The number of hydrogen-bond acceptors (Lipinski definition) is 5. The Kier molecular flexibility index (Phi) is 6.83. The highest BCUT2D eigenvalue weighted by molar-refractivity contribution is 7.71. The van der Waals surface area contributed by atoms with Crippen LogP contribution in [0.15, 0.2) is 41.5 Å².